The van der Waals surface area contributed by atoms with Crippen LogP contribution in [0.2, 0.25) is 0 Å². The molecule has 2 rings (SSSR count). The second-order valence-corrected chi connectivity index (χ2v) is 4.44. The number of nitrogens with two attached hydrogens (primary N) is 1. The minimum Gasteiger partial charge on any atom is -0.448 e. The summed E-state index contributed by atoms with van der Waals surface area (Å²) in [5.41, 5.74) is 5.71. The average molecular weight is 267 g/mol. The van der Waals surface area contributed by atoms with Crippen molar-refractivity contribution in [1.82, 2.24) is 9.78 Å². The summed E-state index contributed by atoms with van der Waals surface area (Å²) in [5, 5.41) is 4.03. The lowest BCUT2D eigenvalue weighted by atomic mass is 10.2. The van der Waals surface area contributed by atoms with Gasteiger partial charge in [0.15, 0.2) is 23.1 Å². The molecule has 0 radical (unpaired) electrons. The number of hydrogen-bond donors (Lipinski definition) is 1. The van der Waals surface area contributed by atoms with Gasteiger partial charge in [0.2, 0.25) is 0 Å². The highest BCUT2D eigenvalue weighted by Crippen LogP contribution is 2.28. The molecule has 102 valence electrons. The van der Waals surface area contributed by atoms with Crippen LogP contribution in [0.5, 0.6) is 11.5 Å². The van der Waals surface area contributed by atoms with Gasteiger partial charge < -0.3 is 10.5 Å². The number of aromatic nitrogens is 2. The van der Waals surface area contributed by atoms with Crippen LogP contribution in [-0.2, 0) is 6.54 Å². The van der Waals surface area contributed by atoms with Crippen molar-refractivity contribution in [3.8, 4) is 11.5 Å². The van der Waals surface area contributed by atoms with Gasteiger partial charge >= 0.3 is 0 Å². The molecule has 19 heavy (non-hydrogen) atoms. The quantitative estimate of drug-likeness (QED) is 0.926. The van der Waals surface area contributed by atoms with E-state index in [1.54, 1.807) is 10.9 Å². The highest BCUT2D eigenvalue weighted by Gasteiger charge is 2.14. The zero-order chi connectivity index (χ0) is 14.0. The lowest BCUT2D eigenvalue weighted by Crippen LogP contribution is -2.01. The third kappa shape index (κ3) is 2.90. The number of ether oxygens (including phenoxy) is 1. The van der Waals surface area contributed by atoms with E-state index in [1.165, 1.54) is 6.20 Å². The van der Waals surface area contributed by atoms with Gasteiger partial charge in [-0.05, 0) is 31.5 Å². The normalized spacial score (nSPS) is 11.1. The standard InChI is InChI=1S/C13H15F2N3O/c1-8(2)18-7-10(6-17-18)19-13-11(14)3-9(5-16)4-12(13)15/h3-4,6-8H,5,16H2,1-2H3. The molecule has 0 saturated carbocycles. The van der Waals surface area contributed by atoms with Gasteiger partial charge in [-0.15, -0.1) is 0 Å². The first kappa shape index (κ1) is 13.5. The Kier molecular flexibility index (Phi) is 3.80. The fourth-order valence-electron chi connectivity index (χ4n) is 1.60. The Bertz CT molecular complexity index is 558. The van der Waals surface area contributed by atoms with E-state index < -0.39 is 17.4 Å². The molecule has 0 fully saturated rings. The Hall–Kier alpha value is -1.95. The van der Waals surface area contributed by atoms with Crippen molar-refractivity contribution in [3.05, 3.63) is 41.7 Å². The third-order valence-corrected chi connectivity index (χ3v) is 2.62. The van der Waals surface area contributed by atoms with Crippen LogP contribution in [-0.4, -0.2) is 9.78 Å². The van der Waals surface area contributed by atoms with Crippen molar-refractivity contribution < 1.29 is 13.5 Å². The molecule has 1 aromatic carbocycles. The number of rotatable bonds is 4. The maximum Gasteiger partial charge on any atom is 0.198 e. The smallest absolute Gasteiger partial charge is 0.198 e. The molecular weight excluding hydrogens is 252 g/mol. The van der Waals surface area contributed by atoms with Crippen LogP contribution in [0, 0.1) is 11.6 Å². The fraction of sp³-hybridized carbons (Fsp3) is 0.308. The molecule has 0 amide bonds. The van der Waals surface area contributed by atoms with Crippen molar-refractivity contribution in [2.45, 2.75) is 26.4 Å². The fourth-order valence-corrected chi connectivity index (χ4v) is 1.60. The largest absolute Gasteiger partial charge is 0.448 e. The molecule has 0 aliphatic rings. The van der Waals surface area contributed by atoms with Crippen LogP contribution in [0.1, 0.15) is 25.5 Å². The zero-order valence-electron chi connectivity index (χ0n) is 10.7. The molecule has 6 heteroatoms. The van der Waals surface area contributed by atoms with E-state index >= 15 is 0 Å². The summed E-state index contributed by atoms with van der Waals surface area (Å²) < 4.78 is 34.2. The van der Waals surface area contributed by atoms with E-state index in [-0.39, 0.29) is 18.3 Å². The van der Waals surface area contributed by atoms with Crippen LogP contribution in [0.4, 0.5) is 8.78 Å². The first-order chi connectivity index (χ1) is 9.01. The maximum absolute atomic E-state index is 13.7. The zero-order valence-corrected chi connectivity index (χ0v) is 10.7. The van der Waals surface area contributed by atoms with E-state index in [9.17, 15) is 8.78 Å². The van der Waals surface area contributed by atoms with Crippen LogP contribution < -0.4 is 10.5 Å². The van der Waals surface area contributed by atoms with Gasteiger partial charge in [0, 0.05) is 12.6 Å². The topological polar surface area (TPSA) is 53.1 Å². The van der Waals surface area contributed by atoms with E-state index in [1.807, 2.05) is 13.8 Å². The predicted molar refractivity (Wildman–Crippen MR) is 66.9 cm³/mol. The molecule has 0 aliphatic carbocycles. The molecule has 0 saturated heterocycles. The van der Waals surface area contributed by atoms with Crippen LogP contribution >= 0.6 is 0 Å². The summed E-state index contributed by atoms with van der Waals surface area (Å²) in [7, 11) is 0. The molecule has 0 bridgehead atoms. The highest BCUT2D eigenvalue weighted by molar-refractivity contribution is 5.34. The molecular formula is C13H15F2N3O. The van der Waals surface area contributed by atoms with Crippen molar-refractivity contribution in [1.29, 1.82) is 0 Å². The summed E-state index contributed by atoms with van der Waals surface area (Å²) in [6, 6.07) is 2.46. The van der Waals surface area contributed by atoms with Crippen molar-refractivity contribution in [2.75, 3.05) is 0 Å². The molecule has 2 aromatic rings. The van der Waals surface area contributed by atoms with Gasteiger partial charge in [0.05, 0.1) is 12.4 Å². The molecule has 2 N–H and O–H groups in total. The van der Waals surface area contributed by atoms with E-state index in [0.717, 1.165) is 12.1 Å². The summed E-state index contributed by atoms with van der Waals surface area (Å²) in [6.07, 6.45) is 3.00. The molecule has 1 aromatic heterocycles. The van der Waals surface area contributed by atoms with E-state index in [0.29, 0.717) is 5.56 Å². The highest BCUT2D eigenvalue weighted by atomic mass is 19.1. The third-order valence-electron chi connectivity index (χ3n) is 2.62. The molecule has 4 nitrogen and oxygen atoms in total. The Balaban J connectivity index is 2.27. The molecule has 1 heterocycles. The Morgan fingerprint density at radius 1 is 1.32 bits per heavy atom. The molecule has 0 spiro atoms. The number of nitrogens with zero attached hydrogens (tertiary/aromatic N) is 2. The summed E-state index contributed by atoms with van der Waals surface area (Å²) >= 11 is 0. The van der Waals surface area contributed by atoms with Gasteiger partial charge in [-0.3, -0.25) is 4.68 Å². The van der Waals surface area contributed by atoms with Gasteiger partial charge in [-0.2, -0.15) is 5.10 Å². The SMILES string of the molecule is CC(C)n1cc(Oc2c(F)cc(CN)cc2F)cn1. The van der Waals surface area contributed by atoms with Crippen molar-refractivity contribution in [2.24, 2.45) is 5.73 Å². The second kappa shape index (κ2) is 5.36. The average Bonchev–Trinajstić information content (AvgIpc) is 2.82. The summed E-state index contributed by atoms with van der Waals surface area (Å²) in [4.78, 5) is 0. The number of hydrogen-bond acceptors (Lipinski definition) is 3. The van der Waals surface area contributed by atoms with E-state index in [4.69, 9.17) is 10.5 Å². The van der Waals surface area contributed by atoms with Crippen LogP contribution in [0.3, 0.4) is 0 Å². The van der Waals surface area contributed by atoms with Crippen LogP contribution in [0.25, 0.3) is 0 Å². The Morgan fingerprint density at radius 2 is 1.95 bits per heavy atom. The summed E-state index contributed by atoms with van der Waals surface area (Å²) in [5.74, 6) is -1.72. The lowest BCUT2D eigenvalue weighted by Gasteiger charge is -2.07. The summed E-state index contributed by atoms with van der Waals surface area (Å²) in [6.45, 7) is 3.95. The Labute approximate surface area is 109 Å². The minimum absolute atomic E-state index is 0.0689. The first-order valence-corrected chi connectivity index (χ1v) is 5.91. The monoisotopic (exact) mass is 267 g/mol. The van der Waals surface area contributed by atoms with Gasteiger partial charge in [-0.25, -0.2) is 8.78 Å². The van der Waals surface area contributed by atoms with Crippen molar-refractivity contribution >= 4 is 0 Å². The van der Waals surface area contributed by atoms with Gasteiger partial charge in [-0.1, -0.05) is 0 Å². The first-order valence-electron chi connectivity index (χ1n) is 5.91. The second-order valence-electron chi connectivity index (χ2n) is 4.44. The predicted octanol–water partition coefficient (Wildman–Crippen LogP) is 2.99. The van der Waals surface area contributed by atoms with Gasteiger partial charge in [0.1, 0.15) is 0 Å². The minimum atomic E-state index is -0.780. The molecule has 0 atom stereocenters. The molecule has 0 unspecified atom stereocenters. The van der Waals surface area contributed by atoms with E-state index in [2.05, 4.69) is 5.10 Å². The maximum atomic E-state index is 13.7. The lowest BCUT2D eigenvalue weighted by molar-refractivity contribution is 0.405. The van der Waals surface area contributed by atoms with Gasteiger partial charge in [0.25, 0.3) is 0 Å². The van der Waals surface area contributed by atoms with Crippen LogP contribution in [0.15, 0.2) is 24.5 Å². The Morgan fingerprint density at radius 3 is 2.42 bits per heavy atom. The number of halogens is 2. The van der Waals surface area contributed by atoms with Crippen molar-refractivity contribution in [3.63, 3.8) is 0 Å². The number of benzene rings is 1. The molecule has 0 aliphatic heterocycles.